The van der Waals surface area contributed by atoms with Gasteiger partial charge in [-0.2, -0.15) is 0 Å². The number of carbonyl (C=O) groups excluding carboxylic acids is 1. The summed E-state index contributed by atoms with van der Waals surface area (Å²) in [5, 5.41) is 14.9. The largest absolute Gasteiger partial charge is 0.472 e. The summed E-state index contributed by atoms with van der Waals surface area (Å²) < 4.78 is 11.0. The normalized spacial score (nSPS) is 13.4. The van der Waals surface area contributed by atoms with E-state index >= 15 is 0 Å². The van der Waals surface area contributed by atoms with E-state index < -0.39 is 0 Å². The molecule has 0 bridgehead atoms. The number of hydrogen-bond acceptors (Lipinski definition) is 7. The number of nitrogens with zero attached hydrogens (tertiary/aromatic N) is 4. The van der Waals surface area contributed by atoms with Crippen LogP contribution in [-0.2, 0) is 6.61 Å². The molecule has 0 aliphatic heterocycles. The molecule has 0 spiro atoms. The molecule has 0 saturated heterocycles. The molecular weight excluding hydrogens is 334 g/mol. The Balaban J connectivity index is 1.44. The van der Waals surface area contributed by atoms with Crippen LogP contribution in [0.4, 0.5) is 0 Å². The summed E-state index contributed by atoms with van der Waals surface area (Å²) in [5.41, 5.74) is 2.71. The SMILES string of the molecule is Cc1onc(-c2ccncc2)c1COc1ccc(C(=O)NC2CC2)nn1. The Hall–Kier alpha value is -3.29. The number of carbonyl (C=O) groups is 1. The molecule has 3 aromatic heterocycles. The van der Waals surface area contributed by atoms with Gasteiger partial charge in [0, 0.05) is 30.1 Å². The maximum atomic E-state index is 11.9. The number of hydrogen-bond donors (Lipinski definition) is 1. The highest BCUT2D eigenvalue weighted by atomic mass is 16.5. The predicted octanol–water partition coefficient (Wildman–Crippen LogP) is 2.31. The topological polar surface area (TPSA) is 103 Å². The van der Waals surface area contributed by atoms with E-state index in [0.29, 0.717) is 17.3 Å². The molecule has 1 aliphatic rings. The molecule has 0 radical (unpaired) electrons. The molecule has 0 aromatic carbocycles. The summed E-state index contributed by atoms with van der Waals surface area (Å²) in [4.78, 5) is 15.9. The van der Waals surface area contributed by atoms with E-state index in [1.165, 1.54) is 0 Å². The van der Waals surface area contributed by atoms with Crippen molar-refractivity contribution < 1.29 is 14.1 Å². The number of nitrogens with one attached hydrogen (secondary N) is 1. The summed E-state index contributed by atoms with van der Waals surface area (Å²) in [5.74, 6) is 0.792. The molecule has 1 amide bonds. The van der Waals surface area contributed by atoms with Gasteiger partial charge in [0.05, 0.1) is 5.56 Å². The highest BCUT2D eigenvalue weighted by Crippen LogP contribution is 2.25. The molecule has 1 N–H and O–H groups in total. The quantitative estimate of drug-likeness (QED) is 0.727. The molecule has 4 rings (SSSR count). The van der Waals surface area contributed by atoms with E-state index in [0.717, 1.165) is 24.0 Å². The zero-order valence-corrected chi connectivity index (χ0v) is 14.2. The van der Waals surface area contributed by atoms with Crippen LogP contribution in [0.25, 0.3) is 11.3 Å². The van der Waals surface area contributed by atoms with Crippen LogP contribution in [0.3, 0.4) is 0 Å². The van der Waals surface area contributed by atoms with E-state index in [1.54, 1.807) is 24.5 Å². The Morgan fingerprint density at radius 1 is 1.23 bits per heavy atom. The molecular formula is C18H17N5O3. The summed E-state index contributed by atoms with van der Waals surface area (Å²) in [6.45, 7) is 2.06. The lowest BCUT2D eigenvalue weighted by atomic mass is 10.1. The zero-order chi connectivity index (χ0) is 17.9. The second-order valence-electron chi connectivity index (χ2n) is 6.10. The first kappa shape index (κ1) is 16.2. The maximum absolute atomic E-state index is 11.9. The van der Waals surface area contributed by atoms with Crippen molar-refractivity contribution in [3.05, 3.63) is 53.7 Å². The molecule has 8 heteroatoms. The van der Waals surface area contributed by atoms with Crippen LogP contribution in [0.15, 0.2) is 41.2 Å². The molecule has 0 unspecified atom stereocenters. The lowest BCUT2D eigenvalue weighted by molar-refractivity contribution is 0.0944. The minimum absolute atomic E-state index is 0.207. The Labute approximate surface area is 149 Å². The van der Waals surface area contributed by atoms with Gasteiger partial charge in [-0.05, 0) is 38.0 Å². The molecule has 1 fully saturated rings. The van der Waals surface area contributed by atoms with Gasteiger partial charge in [-0.15, -0.1) is 10.2 Å². The van der Waals surface area contributed by atoms with Crippen LogP contribution in [0.2, 0.25) is 0 Å². The first-order valence-corrected chi connectivity index (χ1v) is 8.33. The molecule has 1 saturated carbocycles. The van der Waals surface area contributed by atoms with Crippen molar-refractivity contribution in [1.29, 1.82) is 0 Å². The van der Waals surface area contributed by atoms with Crippen molar-refractivity contribution in [2.24, 2.45) is 0 Å². The van der Waals surface area contributed by atoms with Gasteiger partial charge in [-0.25, -0.2) is 0 Å². The number of ether oxygens (including phenoxy) is 1. The fourth-order valence-electron chi connectivity index (χ4n) is 2.45. The van der Waals surface area contributed by atoms with Crippen molar-refractivity contribution in [3.63, 3.8) is 0 Å². The molecule has 1 aliphatic carbocycles. The number of aromatic nitrogens is 4. The molecule has 0 atom stereocenters. The average Bonchev–Trinajstić information content (AvgIpc) is 3.41. The predicted molar refractivity (Wildman–Crippen MR) is 91.3 cm³/mol. The average molecular weight is 351 g/mol. The zero-order valence-electron chi connectivity index (χ0n) is 14.2. The third-order valence-electron chi connectivity index (χ3n) is 4.09. The molecule has 3 aromatic rings. The van der Waals surface area contributed by atoms with Gasteiger partial charge < -0.3 is 14.6 Å². The van der Waals surface area contributed by atoms with Gasteiger partial charge in [0.25, 0.3) is 5.91 Å². The minimum Gasteiger partial charge on any atom is -0.472 e. The lowest BCUT2D eigenvalue weighted by Crippen LogP contribution is -2.26. The molecule has 132 valence electrons. The van der Waals surface area contributed by atoms with Crippen molar-refractivity contribution in [3.8, 4) is 17.1 Å². The Bertz CT molecular complexity index is 904. The van der Waals surface area contributed by atoms with Crippen LogP contribution >= 0.6 is 0 Å². The highest BCUT2D eigenvalue weighted by molar-refractivity contribution is 5.92. The monoisotopic (exact) mass is 351 g/mol. The highest BCUT2D eigenvalue weighted by Gasteiger charge is 2.24. The van der Waals surface area contributed by atoms with E-state index in [4.69, 9.17) is 9.26 Å². The summed E-state index contributed by atoms with van der Waals surface area (Å²) in [6.07, 6.45) is 5.44. The van der Waals surface area contributed by atoms with Crippen molar-refractivity contribution in [2.45, 2.75) is 32.4 Å². The van der Waals surface area contributed by atoms with E-state index in [2.05, 4.69) is 25.7 Å². The lowest BCUT2D eigenvalue weighted by Gasteiger charge is -2.06. The first-order chi connectivity index (χ1) is 12.7. The standard InChI is InChI=1S/C18H17N5O3/c1-11-14(17(23-26-11)12-6-8-19-9-7-12)10-25-16-5-4-15(21-22-16)18(24)20-13-2-3-13/h4-9,13H,2-3,10H2,1H3,(H,20,24). The maximum Gasteiger partial charge on any atom is 0.272 e. The number of rotatable bonds is 6. The molecule has 26 heavy (non-hydrogen) atoms. The summed E-state index contributed by atoms with van der Waals surface area (Å²) in [6, 6.07) is 7.22. The van der Waals surface area contributed by atoms with Crippen molar-refractivity contribution in [2.75, 3.05) is 0 Å². The number of pyridine rings is 1. The Morgan fingerprint density at radius 2 is 2.04 bits per heavy atom. The van der Waals surface area contributed by atoms with Crippen LogP contribution in [0.5, 0.6) is 5.88 Å². The minimum atomic E-state index is -0.207. The second-order valence-corrected chi connectivity index (χ2v) is 6.10. The van der Waals surface area contributed by atoms with E-state index in [1.807, 2.05) is 19.1 Å². The number of aryl methyl sites for hydroxylation is 1. The van der Waals surface area contributed by atoms with Gasteiger partial charge in [0.2, 0.25) is 5.88 Å². The van der Waals surface area contributed by atoms with Gasteiger partial charge in [-0.3, -0.25) is 9.78 Å². The van der Waals surface area contributed by atoms with Crippen LogP contribution < -0.4 is 10.1 Å². The Morgan fingerprint density at radius 3 is 2.73 bits per heavy atom. The van der Waals surface area contributed by atoms with E-state index in [9.17, 15) is 4.79 Å². The fourth-order valence-corrected chi connectivity index (χ4v) is 2.45. The summed E-state index contributed by atoms with van der Waals surface area (Å²) in [7, 11) is 0. The fraction of sp³-hybridized carbons (Fsp3) is 0.278. The third-order valence-corrected chi connectivity index (χ3v) is 4.09. The Kier molecular flexibility index (Phi) is 4.30. The van der Waals surface area contributed by atoms with Crippen LogP contribution in [0.1, 0.15) is 34.7 Å². The van der Waals surface area contributed by atoms with Crippen molar-refractivity contribution in [1.82, 2.24) is 25.7 Å². The van der Waals surface area contributed by atoms with Gasteiger partial charge in [-0.1, -0.05) is 5.16 Å². The van der Waals surface area contributed by atoms with Crippen LogP contribution in [0, 0.1) is 6.92 Å². The summed E-state index contributed by atoms with van der Waals surface area (Å²) >= 11 is 0. The number of amides is 1. The van der Waals surface area contributed by atoms with Crippen LogP contribution in [-0.4, -0.2) is 32.3 Å². The third kappa shape index (κ3) is 3.53. The molecule has 8 nitrogen and oxygen atoms in total. The molecule has 3 heterocycles. The smallest absolute Gasteiger partial charge is 0.272 e. The second kappa shape index (κ2) is 6.91. The first-order valence-electron chi connectivity index (χ1n) is 8.33. The van der Waals surface area contributed by atoms with Gasteiger partial charge >= 0.3 is 0 Å². The van der Waals surface area contributed by atoms with Crippen molar-refractivity contribution >= 4 is 5.91 Å². The van der Waals surface area contributed by atoms with E-state index in [-0.39, 0.29) is 24.2 Å². The van der Waals surface area contributed by atoms with Gasteiger partial charge in [0.15, 0.2) is 5.69 Å². The van der Waals surface area contributed by atoms with Gasteiger partial charge in [0.1, 0.15) is 18.1 Å².